The van der Waals surface area contributed by atoms with E-state index in [9.17, 15) is 14.4 Å². The number of benzene rings is 1. The van der Waals surface area contributed by atoms with E-state index in [0.29, 0.717) is 12.2 Å². The Morgan fingerprint density at radius 2 is 2.16 bits per heavy atom. The summed E-state index contributed by atoms with van der Waals surface area (Å²) in [5.74, 6) is -0.913. The molecule has 132 valence electrons. The van der Waals surface area contributed by atoms with E-state index in [1.807, 2.05) is 6.07 Å². The largest absolute Gasteiger partial charge is 0.452 e. The predicted octanol–water partition coefficient (Wildman–Crippen LogP) is 0.862. The molecule has 0 aliphatic carbocycles. The van der Waals surface area contributed by atoms with Crippen LogP contribution in [0.3, 0.4) is 0 Å². The maximum absolute atomic E-state index is 12.2. The molecule has 0 radical (unpaired) electrons. The van der Waals surface area contributed by atoms with Crippen molar-refractivity contribution in [3.05, 3.63) is 35.5 Å². The van der Waals surface area contributed by atoms with Gasteiger partial charge >= 0.3 is 6.09 Å². The number of methoxy groups -OCH3 is 1. The SMILES string of the molecule is COC(=O)N1CCCc2cc(NC3=CC(=O)N(CCO)C3=O)ccc21. The van der Waals surface area contributed by atoms with Gasteiger partial charge in [-0.2, -0.15) is 0 Å². The molecule has 0 saturated carbocycles. The van der Waals surface area contributed by atoms with E-state index in [-0.39, 0.29) is 18.8 Å². The fourth-order valence-electron chi connectivity index (χ4n) is 3.04. The minimum atomic E-state index is -0.465. The van der Waals surface area contributed by atoms with Gasteiger partial charge in [0.15, 0.2) is 0 Å². The molecule has 1 aromatic carbocycles. The lowest BCUT2D eigenvalue weighted by molar-refractivity contribution is -0.137. The number of nitrogens with one attached hydrogen (secondary N) is 1. The van der Waals surface area contributed by atoms with Crippen LogP contribution in [0, 0.1) is 0 Å². The Hall–Kier alpha value is -2.87. The lowest BCUT2D eigenvalue weighted by Crippen LogP contribution is -2.35. The first kappa shape index (κ1) is 17.0. The Bertz CT molecular complexity index is 759. The van der Waals surface area contributed by atoms with Gasteiger partial charge < -0.3 is 15.2 Å². The molecule has 25 heavy (non-hydrogen) atoms. The maximum Gasteiger partial charge on any atom is 0.414 e. The summed E-state index contributed by atoms with van der Waals surface area (Å²) in [6.07, 6.45) is 2.44. The van der Waals surface area contributed by atoms with Crippen LogP contribution >= 0.6 is 0 Å². The monoisotopic (exact) mass is 345 g/mol. The highest BCUT2D eigenvalue weighted by Gasteiger charge is 2.31. The summed E-state index contributed by atoms with van der Waals surface area (Å²) in [5, 5.41) is 11.9. The van der Waals surface area contributed by atoms with Gasteiger partial charge in [0.1, 0.15) is 5.70 Å². The molecule has 0 bridgehead atoms. The third-order valence-corrected chi connectivity index (χ3v) is 4.21. The van der Waals surface area contributed by atoms with Crippen molar-refractivity contribution in [1.82, 2.24) is 4.90 Å². The second-order valence-corrected chi connectivity index (χ2v) is 5.77. The van der Waals surface area contributed by atoms with E-state index in [1.165, 1.54) is 13.2 Å². The van der Waals surface area contributed by atoms with Crippen LogP contribution < -0.4 is 10.2 Å². The lowest BCUT2D eigenvalue weighted by atomic mass is 10.0. The highest BCUT2D eigenvalue weighted by molar-refractivity contribution is 6.17. The molecule has 8 nitrogen and oxygen atoms in total. The van der Waals surface area contributed by atoms with Crippen LogP contribution in [-0.2, 0) is 20.7 Å². The first-order chi connectivity index (χ1) is 12.0. The molecule has 0 fully saturated rings. The highest BCUT2D eigenvalue weighted by atomic mass is 16.5. The minimum absolute atomic E-state index is 0.0301. The number of aliphatic hydroxyl groups is 1. The number of imide groups is 1. The number of fused-ring (bicyclic) bond motifs is 1. The topological polar surface area (TPSA) is 99.2 Å². The second-order valence-electron chi connectivity index (χ2n) is 5.77. The summed E-state index contributed by atoms with van der Waals surface area (Å²) in [5.41, 5.74) is 2.57. The zero-order valence-corrected chi connectivity index (χ0v) is 13.8. The number of carbonyl (C=O) groups excluding carboxylic acids is 3. The van der Waals surface area contributed by atoms with Gasteiger partial charge in [0.25, 0.3) is 11.8 Å². The van der Waals surface area contributed by atoms with E-state index in [2.05, 4.69) is 5.32 Å². The number of nitrogens with zero attached hydrogens (tertiary/aromatic N) is 2. The van der Waals surface area contributed by atoms with Gasteiger partial charge in [0.2, 0.25) is 0 Å². The zero-order chi connectivity index (χ0) is 18.0. The summed E-state index contributed by atoms with van der Waals surface area (Å²) >= 11 is 0. The van der Waals surface area contributed by atoms with E-state index >= 15 is 0 Å². The molecule has 1 aromatic rings. The molecule has 3 amide bonds. The summed E-state index contributed by atoms with van der Waals surface area (Å²) < 4.78 is 4.80. The predicted molar refractivity (Wildman–Crippen MR) is 90.0 cm³/mol. The molecule has 2 aliphatic rings. The fraction of sp³-hybridized carbons (Fsp3) is 0.353. The van der Waals surface area contributed by atoms with Crippen molar-refractivity contribution in [2.75, 3.05) is 37.0 Å². The molecule has 0 aromatic heterocycles. The van der Waals surface area contributed by atoms with Crippen LogP contribution in [0.1, 0.15) is 12.0 Å². The Morgan fingerprint density at radius 3 is 2.88 bits per heavy atom. The zero-order valence-electron chi connectivity index (χ0n) is 13.8. The molecule has 0 atom stereocenters. The standard InChI is InChI=1S/C17H19N3O5/c1-25-17(24)19-6-2-3-11-9-12(4-5-14(11)19)18-13-10-15(22)20(7-8-21)16(13)23/h4-5,9-10,18,21H,2-3,6-8H2,1H3. The van der Waals surface area contributed by atoms with Crippen LogP contribution in [0.15, 0.2) is 30.0 Å². The van der Waals surface area contributed by atoms with E-state index in [1.54, 1.807) is 17.0 Å². The minimum Gasteiger partial charge on any atom is -0.452 e. The van der Waals surface area contributed by atoms with E-state index < -0.39 is 17.9 Å². The molecule has 8 heteroatoms. The maximum atomic E-state index is 12.2. The quantitative estimate of drug-likeness (QED) is 0.786. The Labute approximate surface area is 144 Å². The molecule has 0 saturated heterocycles. The van der Waals surface area contributed by atoms with Gasteiger partial charge in [-0.15, -0.1) is 0 Å². The van der Waals surface area contributed by atoms with Gasteiger partial charge in [-0.3, -0.25) is 19.4 Å². The third kappa shape index (κ3) is 3.20. The van der Waals surface area contributed by atoms with Crippen molar-refractivity contribution in [1.29, 1.82) is 0 Å². The smallest absolute Gasteiger partial charge is 0.414 e. The van der Waals surface area contributed by atoms with Gasteiger partial charge in [0, 0.05) is 18.3 Å². The van der Waals surface area contributed by atoms with Crippen molar-refractivity contribution in [2.45, 2.75) is 12.8 Å². The number of amides is 3. The van der Waals surface area contributed by atoms with Crippen LogP contribution in [-0.4, -0.2) is 54.7 Å². The number of hydrogen-bond acceptors (Lipinski definition) is 6. The van der Waals surface area contributed by atoms with Crippen molar-refractivity contribution >= 4 is 29.3 Å². The van der Waals surface area contributed by atoms with Crippen molar-refractivity contribution in [3.63, 3.8) is 0 Å². The average Bonchev–Trinajstić information content (AvgIpc) is 2.88. The number of anilines is 2. The Balaban J connectivity index is 1.79. The van der Waals surface area contributed by atoms with Crippen molar-refractivity contribution in [2.24, 2.45) is 0 Å². The molecule has 3 rings (SSSR count). The normalized spacial score (nSPS) is 16.6. The van der Waals surface area contributed by atoms with Gasteiger partial charge in [0.05, 0.1) is 25.9 Å². The van der Waals surface area contributed by atoms with Crippen molar-refractivity contribution in [3.8, 4) is 0 Å². The first-order valence-electron chi connectivity index (χ1n) is 7.99. The Kier molecular flexibility index (Phi) is 4.71. The second kappa shape index (κ2) is 6.94. The summed E-state index contributed by atoms with van der Waals surface area (Å²) in [7, 11) is 1.35. The number of ether oxygens (including phenoxy) is 1. The molecular formula is C17H19N3O5. The van der Waals surface area contributed by atoms with Crippen LogP contribution in [0.4, 0.5) is 16.2 Å². The van der Waals surface area contributed by atoms with E-state index in [0.717, 1.165) is 29.0 Å². The average molecular weight is 345 g/mol. The number of hydrogen-bond donors (Lipinski definition) is 2. The third-order valence-electron chi connectivity index (χ3n) is 4.21. The Morgan fingerprint density at radius 1 is 1.36 bits per heavy atom. The summed E-state index contributed by atoms with van der Waals surface area (Å²) in [4.78, 5) is 38.4. The van der Waals surface area contributed by atoms with Gasteiger partial charge in [-0.1, -0.05) is 0 Å². The number of carbonyl (C=O) groups is 3. The van der Waals surface area contributed by atoms with E-state index in [4.69, 9.17) is 9.84 Å². The molecule has 2 N–H and O–H groups in total. The number of aryl methyl sites for hydroxylation is 1. The summed E-state index contributed by atoms with van der Waals surface area (Å²) in [6.45, 7) is 0.291. The highest BCUT2D eigenvalue weighted by Crippen LogP contribution is 2.31. The first-order valence-corrected chi connectivity index (χ1v) is 7.99. The molecule has 0 unspecified atom stereocenters. The molecule has 2 heterocycles. The van der Waals surface area contributed by atoms with Gasteiger partial charge in [-0.25, -0.2) is 4.79 Å². The van der Waals surface area contributed by atoms with Gasteiger partial charge in [-0.05, 0) is 36.6 Å². The molecular weight excluding hydrogens is 326 g/mol. The van der Waals surface area contributed by atoms with Crippen LogP contribution in [0.25, 0.3) is 0 Å². The number of β-amino-alcohol motifs (C(OH)–C–C–N with tert-alkyl or cyclic N) is 1. The number of aliphatic hydroxyl groups excluding tert-OH is 1. The summed E-state index contributed by atoms with van der Waals surface area (Å²) in [6, 6.07) is 5.40. The number of rotatable bonds is 4. The van der Waals surface area contributed by atoms with Crippen LogP contribution in [0.5, 0.6) is 0 Å². The van der Waals surface area contributed by atoms with Crippen molar-refractivity contribution < 1.29 is 24.2 Å². The fourth-order valence-corrected chi connectivity index (χ4v) is 3.04. The molecule has 0 spiro atoms. The lowest BCUT2D eigenvalue weighted by Gasteiger charge is -2.28. The van der Waals surface area contributed by atoms with Crippen LogP contribution in [0.2, 0.25) is 0 Å². The molecule has 2 aliphatic heterocycles.